The van der Waals surface area contributed by atoms with E-state index in [2.05, 4.69) is 4.99 Å². The minimum atomic E-state index is -0.604. The normalized spacial score (nSPS) is 15.7. The van der Waals surface area contributed by atoms with Crippen molar-refractivity contribution in [2.45, 2.75) is 19.6 Å². The minimum absolute atomic E-state index is 0.143. The van der Waals surface area contributed by atoms with Gasteiger partial charge < -0.3 is 4.74 Å². The molecule has 0 bridgehead atoms. The van der Waals surface area contributed by atoms with Crippen molar-refractivity contribution in [2.75, 3.05) is 0 Å². The molecule has 2 aromatic carbocycles. The molecule has 0 aliphatic carbocycles. The Kier molecular flexibility index (Phi) is 6.32. The van der Waals surface area contributed by atoms with Crippen molar-refractivity contribution in [3.63, 3.8) is 0 Å². The van der Waals surface area contributed by atoms with Gasteiger partial charge in [0.1, 0.15) is 12.6 Å². The van der Waals surface area contributed by atoms with Crippen molar-refractivity contribution < 1.29 is 9.53 Å². The molecule has 8 heteroatoms. The van der Waals surface area contributed by atoms with Crippen LogP contribution >= 0.6 is 34.3 Å². The second kappa shape index (κ2) is 9.54. The Labute approximate surface area is 208 Å². The van der Waals surface area contributed by atoms with Crippen LogP contribution in [0.4, 0.5) is 0 Å². The fourth-order valence-electron chi connectivity index (χ4n) is 3.83. The maximum atomic E-state index is 13.6. The number of aromatic nitrogens is 1. The van der Waals surface area contributed by atoms with Crippen LogP contribution in [0.25, 0.3) is 6.08 Å². The van der Waals surface area contributed by atoms with Crippen LogP contribution in [0, 0.1) is 0 Å². The minimum Gasteiger partial charge on any atom is -0.457 e. The predicted molar refractivity (Wildman–Crippen MR) is 136 cm³/mol. The summed E-state index contributed by atoms with van der Waals surface area (Å²) in [7, 11) is 0. The van der Waals surface area contributed by atoms with Gasteiger partial charge in [-0.1, -0.05) is 77.5 Å². The fraction of sp³-hybridized carbons (Fsp3) is 0.115. The van der Waals surface area contributed by atoms with Crippen molar-refractivity contribution in [1.29, 1.82) is 0 Å². The van der Waals surface area contributed by atoms with Gasteiger partial charge in [-0.3, -0.25) is 9.36 Å². The number of benzene rings is 2. The number of thiophene rings is 1. The van der Waals surface area contributed by atoms with Gasteiger partial charge in [0.2, 0.25) is 0 Å². The van der Waals surface area contributed by atoms with Crippen LogP contribution in [-0.2, 0) is 16.1 Å². The fourth-order valence-corrected chi connectivity index (χ4v) is 5.88. The number of carbonyl (C=O) groups is 1. The standard InChI is InChI=1S/C26H19ClN2O3S2/c1-16-22(25(31)32-15-17-8-3-2-4-9-17)23(20-12-7-13-33-20)29-24(30)21(34-26(29)28-16)14-18-10-5-6-11-19(18)27/h2-14,23H,15H2,1H3/b21-14+/t23-/m1/s1. The molecule has 1 aliphatic rings. The number of ether oxygens (including phenoxy) is 1. The molecule has 170 valence electrons. The quantitative estimate of drug-likeness (QED) is 0.369. The molecule has 3 heterocycles. The Bertz CT molecular complexity index is 1570. The van der Waals surface area contributed by atoms with Crippen molar-refractivity contribution in [3.05, 3.63) is 124 Å². The number of hydrogen-bond acceptors (Lipinski definition) is 6. The van der Waals surface area contributed by atoms with Crippen LogP contribution in [-0.4, -0.2) is 10.5 Å². The molecule has 0 saturated heterocycles. The van der Waals surface area contributed by atoms with Gasteiger partial charge in [0.05, 0.1) is 15.8 Å². The highest BCUT2D eigenvalue weighted by Crippen LogP contribution is 2.33. The van der Waals surface area contributed by atoms with Crippen LogP contribution in [0.3, 0.4) is 0 Å². The van der Waals surface area contributed by atoms with Crippen LogP contribution in [0.5, 0.6) is 0 Å². The second-order valence-corrected chi connectivity index (χ2v) is 10.1. The lowest BCUT2D eigenvalue weighted by Crippen LogP contribution is -2.39. The molecule has 0 fully saturated rings. The molecule has 2 aromatic heterocycles. The lowest BCUT2D eigenvalue weighted by atomic mass is 10.0. The summed E-state index contributed by atoms with van der Waals surface area (Å²) in [6, 6.07) is 20.1. The van der Waals surface area contributed by atoms with Crippen LogP contribution in [0.15, 0.2) is 93.2 Å². The summed E-state index contributed by atoms with van der Waals surface area (Å²) in [6.45, 7) is 1.93. The van der Waals surface area contributed by atoms with Crippen LogP contribution in [0.2, 0.25) is 5.02 Å². The topological polar surface area (TPSA) is 60.7 Å². The summed E-state index contributed by atoms with van der Waals surface area (Å²) in [6.07, 6.45) is 1.77. The average Bonchev–Trinajstić information content (AvgIpc) is 3.47. The number of carbonyl (C=O) groups excluding carboxylic acids is 1. The highest BCUT2D eigenvalue weighted by atomic mass is 35.5. The lowest BCUT2D eigenvalue weighted by molar-refractivity contribution is -0.140. The molecule has 1 aliphatic heterocycles. The van der Waals surface area contributed by atoms with Crippen LogP contribution < -0.4 is 14.9 Å². The highest BCUT2D eigenvalue weighted by Gasteiger charge is 2.34. The SMILES string of the molecule is CC1=C(C(=O)OCc2ccccc2)[C@@H](c2cccs2)n2c(s/c(=C/c3ccccc3Cl)c2=O)=N1. The van der Waals surface area contributed by atoms with Gasteiger partial charge in [-0.2, -0.15) is 0 Å². The van der Waals surface area contributed by atoms with Crippen molar-refractivity contribution in [2.24, 2.45) is 4.99 Å². The molecular weight excluding hydrogens is 488 g/mol. The number of fused-ring (bicyclic) bond motifs is 1. The zero-order valence-electron chi connectivity index (χ0n) is 18.1. The summed E-state index contributed by atoms with van der Waals surface area (Å²) in [5.74, 6) is -0.483. The Balaban J connectivity index is 1.60. The van der Waals surface area contributed by atoms with Crippen molar-refractivity contribution in [1.82, 2.24) is 4.57 Å². The second-order valence-electron chi connectivity index (χ2n) is 7.68. The molecule has 0 unspecified atom stereocenters. The van der Waals surface area contributed by atoms with E-state index in [1.54, 1.807) is 23.6 Å². The van der Waals surface area contributed by atoms with E-state index >= 15 is 0 Å². The first-order valence-electron chi connectivity index (χ1n) is 10.5. The van der Waals surface area contributed by atoms with Gasteiger partial charge in [0.25, 0.3) is 5.56 Å². The van der Waals surface area contributed by atoms with E-state index in [1.165, 1.54) is 22.7 Å². The monoisotopic (exact) mass is 506 g/mol. The summed E-state index contributed by atoms with van der Waals surface area (Å²) >= 11 is 9.08. The molecule has 5 nitrogen and oxygen atoms in total. The van der Waals surface area contributed by atoms with E-state index in [0.717, 1.165) is 16.0 Å². The number of nitrogens with zero attached hydrogens (tertiary/aromatic N) is 2. The molecule has 0 radical (unpaired) electrons. The summed E-state index contributed by atoms with van der Waals surface area (Å²) < 4.78 is 7.74. The van der Waals surface area contributed by atoms with E-state index in [1.807, 2.05) is 66.0 Å². The molecule has 0 spiro atoms. The molecular formula is C26H19ClN2O3S2. The largest absolute Gasteiger partial charge is 0.457 e. The van der Waals surface area contributed by atoms with E-state index in [0.29, 0.717) is 25.6 Å². The van der Waals surface area contributed by atoms with E-state index in [9.17, 15) is 9.59 Å². The maximum absolute atomic E-state index is 13.6. The molecule has 0 amide bonds. The third-order valence-electron chi connectivity index (χ3n) is 5.46. The summed E-state index contributed by atoms with van der Waals surface area (Å²) in [4.78, 5) is 32.9. The van der Waals surface area contributed by atoms with E-state index in [-0.39, 0.29) is 12.2 Å². The molecule has 0 saturated carbocycles. The Morgan fingerprint density at radius 2 is 1.88 bits per heavy atom. The first-order chi connectivity index (χ1) is 16.5. The molecule has 1 atom stereocenters. The van der Waals surface area contributed by atoms with Gasteiger partial charge in [-0.15, -0.1) is 11.3 Å². The zero-order valence-corrected chi connectivity index (χ0v) is 20.5. The molecule has 0 N–H and O–H groups in total. The lowest BCUT2D eigenvalue weighted by Gasteiger charge is -2.23. The van der Waals surface area contributed by atoms with Gasteiger partial charge in [0.15, 0.2) is 4.80 Å². The zero-order chi connectivity index (χ0) is 23.7. The van der Waals surface area contributed by atoms with Gasteiger partial charge in [-0.05, 0) is 41.6 Å². The smallest absolute Gasteiger partial charge is 0.338 e. The first-order valence-corrected chi connectivity index (χ1v) is 12.6. The number of halogens is 1. The van der Waals surface area contributed by atoms with Crippen LogP contribution in [0.1, 0.15) is 29.0 Å². The van der Waals surface area contributed by atoms with Crippen molar-refractivity contribution in [3.8, 4) is 0 Å². The van der Waals surface area contributed by atoms with Crippen molar-refractivity contribution >= 4 is 46.3 Å². The number of allylic oxidation sites excluding steroid dienone is 1. The highest BCUT2D eigenvalue weighted by molar-refractivity contribution is 7.10. The van der Waals surface area contributed by atoms with Gasteiger partial charge in [0, 0.05) is 9.90 Å². The molecule has 5 rings (SSSR count). The number of esters is 1. The number of thiazole rings is 1. The Morgan fingerprint density at radius 1 is 1.12 bits per heavy atom. The first kappa shape index (κ1) is 22.5. The maximum Gasteiger partial charge on any atom is 0.338 e. The van der Waals surface area contributed by atoms with Gasteiger partial charge in [-0.25, -0.2) is 9.79 Å². The Morgan fingerprint density at radius 3 is 2.62 bits per heavy atom. The van der Waals surface area contributed by atoms with E-state index < -0.39 is 12.0 Å². The predicted octanol–water partition coefficient (Wildman–Crippen LogP) is 4.69. The summed E-state index contributed by atoms with van der Waals surface area (Å²) in [5.41, 5.74) is 2.33. The number of hydrogen-bond donors (Lipinski definition) is 0. The average molecular weight is 507 g/mol. The summed E-state index contributed by atoms with van der Waals surface area (Å²) in [5, 5.41) is 2.49. The molecule has 34 heavy (non-hydrogen) atoms. The third kappa shape index (κ3) is 4.30. The third-order valence-corrected chi connectivity index (χ3v) is 7.71. The molecule has 4 aromatic rings. The Hall–Kier alpha value is -3.26. The van der Waals surface area contributed by atoms with Gasteiger partial charge >= 0.3 is 5.97 Å². The van der Waals surface area contributed by atoms with E-state index in [4.69, 9.17) is 16.3 Å². The number of rotatable bonds is 5.